The first-order valence-corrected chi connectivity index (χ1v) is 7.23. The average Bonchev–Trinajstić information content (AvgIpc) is 2.81. The van der Waals surface area contributed by atoms with Gasteiger partial charge in [-0.2, -0.15) is 0 Å². The van der Waals surface area contributed by atoms with Crippen LogP contribution in [0.25, 0.3) is 10.2 Å². The van der Waals surface area contributed by atoms with Crippen LogP contribution in [0.5, 0.6) is 0 Å². The predicted octanol–water partition coefficient (Wildman–Crippen LogP) is 3.97. The Bertz CT molecular complexity index is 716. The first kappa shape index (κ1) is 12.2. The lowest BCUT2D eigenvalue weighted by atomic mass is 10.1. The zero-order valence-corrected chi connectivity index (χ0v) is 11.7. The highest BCUT2D eigenvalue weighted by Gasteiger charge is 2.06. The maximum absolute atomic E-state index is 5.80. The summed E-state index contributed by atoms with van der Waals surface area (Å²) < 4.78 is 1.28. The summed E-state index contributed by atoms with van der Waals surface area (Å²) in [5.74, 6) is 0. The van der Waals surface area contributed by atoms with Crippen molar-refractivity contribution in [2.45, 2.75) is 19.8 Å². The Morgan fingerprint density at radius 2 is 1.95 bits per heavy atom. The van der Waals surface area contributed by atoms with E-state index >= 15 is 0 Å². The third kappa shape index (κ3) is 2.61. The largest absolute Gasteiger partial charge is 0.399 e. The van der Waals surface area contributed by atoms with Crippen molar-refractivity contribution in [3.8, 4) is 0 Å². The number of nitrogens with zero attached hydrogens (tertiary/aromatic N) is 1. The fraction of sp³-hybridized carbons (Fsp3) is 0.188. The third-order valence-electron chi connectivity index (χ3n) is 3.24. The second kappa shape index (κ2) is 5.02. The molecule has 1 aromatic heterocycles. The Balaban J connectivity index is 1.80. The summed E-state index contributed by atoms with van der Waals surface area (Å²) in [5, 5.41) is 1.20. The number of hydrogen-bond donors (Lipinski definition) is 1. The summed E-state index contributed by atoms with van der Waals surface area (Å²) in [7, 11) is 0. The fourth-order valence-electron chi connectivity index (χ4n) is 2.24. The van der Waals surface area contributed by atoms with Gasteiger partial charge in [0.15, 0.2) is 0 Å². The van der Waals surface area contributed by atoms with E-state index in [2.05, 4.69) is 31.2 Å². The molecule has 0 fully saturated rings. The highest BCUT2D eigenvalue weighted by molar-refractivity contribution is 7.18. The molecule has 0 aliphatic carbocycles. The Morgan fingerprint density at radius 1 is 1.11 bits per heavy atom. The number of fused-ring (bicyclic) bond motifs is 1. The van der Waals surface area contributed by atoms with E-state index in [4.69, 9.17) is 10.7 Å². The van der Waals surface area contributed by atoms with E-state index in [1.807, 2.05) is 18.2 Å². The van der Waals surface area contributed by atoms with Gasteiger partial charge in [-0.3, -0.25) is 0 Å². The molecule has 0 atom stereocenters. The Morgan fingerprint density at radius 3 is 2.74 bits per heavy atom. The van der Waals surface area contributed by atoms with E-state index < -0.39 is 0 Å². The van der Waals surface area contributed by atoms with Crippen LogP contribution in [0.2, 0.25) is 0 Å². The van der Waals surface area contributed by atoms with E-state index in [1.165, 1.54) is 20.8 Å². The second-order valence-electron chi connectivity index (χ2n) is 4.77. The Labute approximate surface area is 116 Å². The highest BCUT2D eigenvalue weighted by Crippen LogP contribution is 2.25. The van der Waals surface area contributed by atoms with Crippen LogP contribution >= 0.6 is 11.3 Å². The highest BCUT2D eigenvalue weighted by atomic mass is 32.1. The molecule has 3 aromatic rings. The third-order valence-corrected chi connectivity index (χ3v) is 4.32. The molecule has 0 radical (unpaired) electrons. The van der Waals surface area contributed by atoms with Crippen molar-refractivity contribution in [2.75, 3.05) is 5.73 Å². The van der Waals surface area contributed by atoms with Crippen molar-refractivity contribution < 1.29 is 0 Å². The minimum absolute atomic E-state index is 0.831. The molecule has 0 amide bonds. The van der Waals surface area contributed by atoms with Crippen molar-refractivity contribution in [2.24, 2.45) is 0 Å². The van der Waals surface area contributed by atoms with Gasteiger partial charge in [0.05, 0.1) is 15.2 Å². The summed E-state index contributed by atoms with van der Waals surface area (Å²) in [5.41, 5.74) is 10.3. The molecule has 1 heterocycles. The standard InChI is InChI=1S/C16H16N2S/c1-11-4-2-7-14-16(11)18-15(19-14)9-8-12-5-3-6-13(17)10-12/h2-7,10H,8-9,17H2,1H3. The molecule has 19 heavy (non-hydrogen) atoms. The summed E-state index contributed by atoms with van der Waals surface area (Å²) in [6.45, 7) is 2.11. The number of hydrogen-bond acceptors (Lipinski definition) is 3. The SMILES string of the molecule is Cc1cccc2sc(CCc3cccc(N)c3)nc12. The van der Waals surface area contributed by atoms with Crippen LogP contribution < -0.4 is 5.73 Å². The Hall–Kier alpha value is -1.87. The van der Waals surface area contributed by atoms with Gasteiger partial charge in [0.1, 0.15) is 0 Å². The number of nitrogens with two attached hydrogens (primary N) is 1. The van der Waals surface area contributed by atoms with E-state index in [0.717, 1.165) is 24.0 Å². The molecule has 0 saturated heterocycles. The summed E-state index contributed by atoms with van der Waals surface area (Å²) in [4.78, 5) is 4.74. The molecule has 2 aromatic carbocycles. The van der Waals surface area contributed by atoms with Gasteiger partial charge in [-0.15, -0.1) is 11.3 Å². The molecule has 0 bridgehead atoms. The minimum atomic E-state index is 0.831. The van der Waals surface area contributed by atoms with Gasteiger partial charge in [0.25, 0.3) is 0 Å². The predicted molar refractivity (Wildman–Crippen MR) is 82.6 cm³/mol. The Kier molecular flexibility index (Phi) is 3.22. The summed E-state index contributed by atoms with van der Waals surface area (Å²) in [6.07, 6.45) is 1.96. The molecule has 2 nitrogen and oxygen atoms in total. The van der Waals surface area contributed by atoms with E-state index in [0.29, 0.717) is 0 Å². The lowest BCUT2D eigenvalue weighted by Crippen LogP contribution is -1.92. The number of para-hydroxylation sites is 1. The molecule has 96 valence electrons. The van der Waals surface area contributed by atoms with Gasteiger partial charge in [-0.1, -0.05) is 24.3 Å². The van der Waals surface area contributed by atoms with E-state index in [-0.39, 0.29) is 0 Å². The minimum Gasteiger partial charge on any atom is -0.399 e. The van der Waals surface area contributed by atoms with Crippen molar-refractivity contribution in [3.05, 3.63) is 58.6 Å². The number of thiazole rings is 1. The van der Waals surface area contributed by atoms with Crippen LogP contribution in [0.1, 0.15) is 16.1 Å². The lowest BCUT2D eigenvalue weighted by molar-refractivity contribution is 0.949. The van der Waals surface area contributed by atoms with Gasteiger partial charge in [-0.25, -0.2) is 4.98 Å². The smallest absolute Gasteiger partial charge is 0.0942 e. The number of aryl methyl sites for hydroxylation is 3. The molecular formula is C16H16N2S. The van der Waals surface area contributed by atoms with Crippen LogP contribution in [-0.2, 0) is 12.8 Å². The summed E-state index contributed by atoms with van der Waals surface area (Å²) in [6, 6.07) is 14.4. The number of nitrogen functional groups attached to an aromatic ring is 1. The number of anilines is 1. The van der Waals surface area contributed by atoms with E-state index in [9.17, 15) is 0 Å². The van der Waals surface area contributed by atoms with Crippen LogP contribution in [-0.4, -0.2) is 4.98 Å². The topological polar surface area (TPSA) is 38.9 Å². The zero-order valence-electron chi connectivity index (χ0n) is 10.9. The quantitative estimate of drug-likeness (QED) is 0.730. The first-order valence-electron chi connectivity index (χ1n) is 6.42. The monoisotopic (exact) mass is 268 g/mol. The number of rotatable bonds is 3. The van der Waals surface area contributed by atoms with Crippen molar-refractivity contribution >= 4 is 27.2 Å². The van der Waals surface area contributed by atoms with Gasteiger partial charge in [-0.05, 0) is 42.7 Å². The van der Waals surface area contributed by atoms with Gasteiger partial charge < -0.3 is 5.73 Å². The van der Waals surface area contributed by atoms with Gasteiger partial charge >= 0.3 is 0 Å². The molecule has 0 saturated carbocycles. The normalized spacial score (nSPS) is 11.0. The van der Waals surface area contributed by atoms with Crippen LogP contribution in [0, 0.1) is 6.92 Å². The van der Waals surface area contributed by atoms with Crippen molar-refractivity contribution in [1.82, 2.24) is 4.98 Å². The first-order chi connectivity index (χ1) is 9.22. The molecule has 0 aliphatic heterocycles. The van der Waals surface area contributed by atoms with Gasteiger partial charge in [0, 0.05) is 12.1 Å². The maximum Gasteiger partial charge on any atom is 0.0942 e. The molecule has 0 unspecified atom stereocenters. The van der Waals surface area contributed by atoms with E-state index in [1.54, 1.807) is 11.3 Å². The maximum atomic E-state index is 5.80. The average molecular weight is 268 g/mol. The number of aromatic nitrogens is 1. The number of benzene rings is 2. The second-order valence-corrected chi connectivity index (χ2v) is 5.89. The lowest BCUT2D eigenvalue weighted by Gasteiger charge is -2.00. The fourth-order valence-corrected chi connectivity index (χ4v) is 3.28. The van der Waals surface area contributed by atoms with Gasteiger partial charge in [0.2, 0.25) is 0 Å². The molecule has 0 aliphatic rings. The van der Waals surface area contributed by atoms with Crippen LogP contribution in [0.4, 0.5) is 5.69 Å². The zero-order chi connectivity index (χ0) is 13.2. The molecular weight excluding hydrogens is 252 g/mol. The van der Waals surface area contributed by atoms with Crippen molar-refractivity contribution in [3.63, 3.8) is 0 Å². The molecule has 2 N–H and O–H groups in total. The summed E-state index contributed by atoms with van der Waals surface area (Å²) >= 11 is 1.79. The molecule has 3 heteroatoms. The molecule has 3 rings (SSSR count). The van der Waals surface area contributed by atoms with Crippen molar-refractivity contribution in [1.29, 1.82) is 0 Å². The van der Waals surface area contributed by atoms with Crippen LogP contribution in [0.15, 0.2) is 42.5 Å². The molecule has 0 spiro atoms. The van der Waals surface area contributed by atoms with Crippen LogP contribution in [0.3, 0.4) is 0 Å².